The zero-order valence-electron chi connectivity index (χ0n) is 10.2. The molecule has 17 heavy (non-hydrogen) atoms. The molecule has 0 spiro atoms. The molecule has 0 saturated heterocycles. The van der Waals surface area contributed by atoms with Gasteiger partial charge in [0.25, 0.3) is 0 Å². The van der Waals surface area contributed by atoms with Crippen LogP contribution in [0.5, 0.6) is 0 Å². The van der Waals surface area contributed by atoms with Crippen LogP contribution < -0.4 is 5.73 Å². The van der Waals surface area contributed by atoms with E-state index in [2.05, 4.69) is 18.7 Å². The van der Waals surface area contributed by atoms with Crippen molar-refractivity contribution in [1.82, 2.24) is 4.90 Å². The molecule has 5 heteroatoms. The van der Waals surface area contributed by atoms with E-state index in [1.807, 2.05) is 0 Å². The standard InChI is InChI=1S/C12H18F2N2S/c1-3-16(4-2)5-6-17-12-10(13)7-9(15)8-11(12)14/h7-8H,3-6,15H2,1-2H3. The first-order valence-corrected chi connectivity index (χ1v) is 6.66. The molecule has 96 valence electrons. The molecule has 2 nitrogen and oxygen atoms in total. The van der Waals surface area contributed by atoms with Gasteiger partial charge in [0.2, 0.25) is 0 Å². The Morgan fingerprint density at radius 3 is 2.18 bits per heavy atom. The maximum absolute atomic E-state index is 13.4. The number of hydrogen-bond acceptors (Lipinski definition) is 3. The minimum Gasteiger partial charge on any atom is -0.399 e. The highest BCUT2D eigenvalue weighted by molar-refractivity contribution is 7.99. The van der Waals surface area contributed by atoms with E-state index in [0.717, 1.165) is 31.8 Å². The number of halogens is 2. The lowest BCUT2D eigenvalue weighted by Crippen LogP contribution is -2.25. The van der Waals surface area contributed by atoms with Crippen LogP contribution in [-0.4, -0.2) is 30.3 Å². The van der Waals surface area contributed by atoms with Crippen molar-refractivity contribution in [3.63, 3.8) is 0 Å². The maximum Gasteiger partial charge on any atom is 0.141 e. The fourth-order valence-corrected chi connectivity index (χ4v) is 2.48. The molecule has 0 saturated carbocycles. The van der Waals surface area contributed by atoms with Crippen LogP contribution in [0.1, 0.15) is 13.8 Å². The lowest BCUT2D eigenvalue weighted by molar-refractivity contribution is 0.324. The summed E-state index contributed by atoms with van der Waals surface area (Å²) >= 11 is 1.19. The molecule has 0 unspecified atom stereocenters. The zero-order valence-corrected chi connectivity index (χ0v) is 11.0. The van der Waals surface area contributed by atoms with E-state index in [1.54, 1.807) is 0 Å². The van der Waals surface area contributed by atoms with Crippen molar-refractivity contribution in [2.75, 3.05) is 31.1 Å². The molecule has 0 heterocycles. The summed E-state index contributed by atoms with van der Waals surface area (Å²) in [6, 6.07) is 2.31. The van der Waals surface area contributed by atoms with E-state index in [1.165, 1.54) is 11.8 Å². The molecule has 0 aliphatic heterocycles. The van der Waals surface area contributed by atoms with E-state index in [9.17, 15) is 8.78 Å². The predicted octanol–water partition coefficient (Wildman–Crippen LogP) is 2.98. The van der Waals surface area contributed by atoms with Crippen LogP contribution in [0.3, 0.4) is 0 Å². The van der Waals surface area contributed by atoms with Crippen LogP contribution in [0.2, 0.25) is 0 Å². The summed E-state index contributed by atoms with van der Waals surface area (Å²) in [6.07, 6.45) is 0. The lowest BCUT2D eigenvalue weighted by Gasteiger charge is -2.17. The van der Waals surface area contributed by atoms with E-state index in [4.69, 9.17) is 5.73 Å². The van der Waals surface area contributed by atoms with Crippen molar-refractivity contribution in [1.29, 1.82) is 0 Å². The van der Waals surface area contributed by atoms with Crippen LogP contribution in [0.4, 0.5) is 14.5 Å². The van der Waals surface area contributed by atoms with Gasteiger partial charge in [0.05, 0.1) is 4.90 Å². The quantitative estimate of drug-likeness (QED) is 0.630. The second-order valence-electron chi connectivity index (χ2n) is 3.69. The van der Waals surface area contributed by atoms with Crippen molar-refractivity contribution in [2.45, 2.75) is 18.7 Å². The minimum absolute atomic E-state index is 0.0614. The van der Waals surface area contributed by atoms with Gasteiger partial charge in [-0.2, -0.15) is 0 Å². The molecule has 0 aliphatic rings. The fraction of sp³-hybridized carbons (Fsp3) is 0.500. The molecule has 0 amide bonds. The summed E-state index contributed by atoms with van der Waals surface area (Å²) in [6.45, 7) is 6.85. The van der Waals surface area contributed by atoms with Gasteiger partial charge >= 0.3 is 0 Å². The van der Waals surface area contributed by atoms with E-state index < -0.39 is 11.6 Å². The Bertz CT molecular complexity index is 345. The highest BCUT2D eigenvalue weighted by Crippen LogP contribution is 2.27. The van der Waals surface area contributed by atoms with Gasteiger partial charge in [0, 0.05) is 18.0 Å². The summed E-state index contributed by atoms with van der Waals surface area (Å²) in [5.74, 6) is -0.488. The van der Waals surface area contributed by atoms with Gasteiger partial charge in [-0.1, -0.05) is 13.8 Å². The Hall–Kier alpha value is -0.810. The fourth-order valence-electron chi connectivity index (χ4n) is 1.53. The zero-order chi connectivity index (χ0) is 12.8. The van der Waals surface area contributed by atoms with Gasteiger partial charge in [-0.25, -0.2) is 8.78 Å². The number of hydrogen-bond donors (Lipinski definition) is 1. The highest BCUT2D eigenvalue weighted by Gasteiger charge is 2.11. The molecule has 0 radical (unpaired) electrons. The number of anilines is 1. The normalized spacial score (nSPS) is 11.1. The molecule has 0 bridgehead atoms. The third-order valence-corrected chi connectivity index (χ3v) is 3.63. The highest BCUT2D eigenvalue weighted by atomic mass is 32.2. The summed E-state index contributed by atoms with van der Waals surface area (Å²) < 4.78 is 26.9. The topological polar surface area (TPSA) is 29.3 Å². The van der Waals surface area contributed by atoms with Crippen LogP contribution in [0, 0.1) is 11.6 Å². The predicted molar refractivity (Wildman–Crippen MR) is 69.3 cm³/mol. The minimum atomic E-state index is -0.577. The largest absolute Gasteiger partial charge is 0.399 e. The second kappa shape index (κ2) is 6.81. The Kier molecular flexibility index (Phi) is 5.71. The smallest absolute Gasteiger partial charge is 0.141 e. The van der Waals surface area contributed by atoms with Crippen molar-refractivity contribution >= 4 is 17.4 Å². The molecule has 1 rings (SSSR count). The van der Waals surface area contributed by atoms with Crippen molar-refractivity contribution < 1.29 is 8.78 Å². The van der Waals surface area contributed by atoms with Gasteiger partial charge in [0.15, 0.2) is 0 Å². The van der Waals surface area contributed by atoms with Gasteiger partial charge in [0.1, 0.15) is 11.6 Å². The Balaban J connectivity index is 2.58. The third-order valence-electron chi connectivity index (χ3n) is 2.57. The molecule has 1 aromatic rings. The summed E-state index contributed by atoms with van der Waals surface area (Å²) in [7, 11) is 0. The van der Waals surface area contributed by atoms with E-state index in [-0.39, 0.29) is 10.6 Å². The number of thioether (sulfide) groups is 1. The Morgan fingerprint density at radius 2 is 1.71 bits per heavy atom. The summed E-state index contributed by atoms with van der Waals surface area (Å²) in [5.41, 5.74) is 5.47. The molecule has 0 aliphatic carbocycles. The average Bonchev–Trinajstić information content (AvgIpc) is 2.27. The summed E-state index contributed by atoms with van der Waals surface area (Å²) in [5, 5.41) is 0. The molecule has 1 aromatic carbocycles. The van der Waals surface area contributed by atoms with Crippen LogP contribution in [0.25, 0.3) is 0 Å². The van der Waals surface area contributed by atoms with Gasteiger partial charge in [-0.3, -0.25) is 0 Å². The summed E-state index contributed by atoms with van der Waals surface area (Å²) in [4.78, 5) is 2.27. The first-order valence-electron chi connectivity index (χ1n) is 5.68. The molecular weight excluding hydrogens is 242 g/mol. The van der Waals surface area contributed by atoms with Gasteiger partial charge in [-0.15, -0.1) is 11.8 Å². The first kappa shape index (κ1) is 14.3. The number of benzene rings is 1. The second-order valence-corrected chi connectivity index (χ2v) is 4.79. The monoisotopic (exact) mass is 260 g/mol. The van der Waals surface area contributed by atoms with Crippen LogP contribution in [0.15, 0.2) is 17.0 Å². The molecular formula is C12H18F2N2S. The Morgan fingerprint density at radius 1 is 1.18 bits per heavy atom. The molecule has 2 N–H and O–H groups in total. The van der Waals surface area contributed by atoms with Crippen molar-refractivity contribution in [3.8, 4) is 0 Å². The molecule has 0 fully saturated rings. The lowest BCUT2D eigenvalue weighted by atomic mass is 10.3. The first-order chi connectivity index (χ1) is 8.08. The third kappa shape index (κ3) is 4.16. The van der Waals surface area contributed by atoms with Crippen molar-refractivity contribution in [2.24, 2.45) is 0 Å². The van der Waals surface area contributed by atoms with Gasteiger partial charge < -0.3 is 10.6 Å². The van der Waals surface area contributed by atoms with Gasteiger partial charge in [-0.05, 0) is 25.2 Å². The van der Waals surface area contributed by atoms with E-state index in [0.29, 0.717) is 5.75 Å². The van der Waals surface area contributed by atoms with E-state index >= 15 is 0 Å². The number of rotatable bonds is 6. The maximum atomic E-state index is 13.4. The molecule has 0 atom stereocenters. The Labute approximate surface area is 105 Å². The number of nitrogens with two attached hydrogens (primary N) is 1. The SMILES string of the molecule is CCN(CC)CCSc1c(F)cc(N)cc1F. The number of nitrogen functional groups attached to an aromatic ring is 1. The molecule has 0 aromatic heterocycles. The van der Waals surface area contributed by atoms with Crippen LogP contribution >= 0.6 is 11.8 Å². The van der Waals surface area contributed by atoms with Crippen molar-refractivity contribution in [3.05, 3.63) is 23.8 Å². The van der Waals surface area contributed by atoms with Crippen LogP contribution in [-0.2, 0) is 0 Å². The number of nitrogens with zero attached hydrogens (tertiary/aromatic N) is 1. The average molecular weight is 260 g/mol.